The number of hydrogen-bond acceptors (Lipinski definition) is 2. The minimum Gasteiger partial charge on any atom is -0.400 e. The first kappa shape index (κ1) is 15.9. The predicted octanol–water partition coefficient (Wildman–Crippen LogP) is -1.37. The molecule has 5 N–H and O–H groups in total. The molecule has 0 heterocycles. The fourth-order valence-electron chi connectivity index (χ4n) is 0. The van der Waals surface area contributed by atoms with Gasteiger partial charge in [-0.2, -0.15) is 0 Å². The molecule has 0 radical (unpaired) electrons. The Morgan fingerprint density at radius 2 is 1.43 bits per heavy atom. The minimum absolute atomic E-state index is 0. The molecule has 4 nitrogen and oxygen atoms in total. The number of carbonyl (C=O) groups is 1. The number of primary amides is 2. The van der Waals surface area contributed by atoms with Crippen molar-refractivity contribution in [1.82, 2.24) is 0 Å². The normalized spacial score (nSPS) is 4.29. The van der Waals surface area contributed by atoms with E-state index in [2.05, 4.69) is 11.5 Å². The molecule has 0 aliphatic rings. The smallest absolute Gasteiger partial charge is 0.309 e. The van der Waals surface area contributed by atoms with Crippen LogP contribution in [0, 0.1) is 0 Å². The van der Waals surface area contributed by atoms with Crippen molar-refractivity contribution in [3.05, 3.63) is 0 Å². The van der Waals surface area contributed by atoms with Gasteiger partial charge in [-0.1, -0.05) is 0 Å². The summed E-state index contributed by atoms with van der Waals surface area (Å²) in [5.74, 6) is 0. The Bertz CT molecular complexity index is 36.7. The molecular formula is C2H8FeN2O2. The third-order valence-electron chi connectivity index (χ3n) is 0. The summed E-state index contributed by atoms with van der Waals surface area (Å²) >= 11 is 0. The average molecular weight is 148 g/mol. The zero-order valence-electron chi connectivity index (χ0n) is 3.86. The largest absolute Gasteiger partial charge is 0.400 e. The first-order valence-electron chi connectivity index (χ1n) is 1.23. The van der Waals surface area contributed by atoms with Crippen LogP contribution in [0.3, 0.4) is 0 Å². The summed E-state index contributed by atoms with van der Waals surface area (Å²) in [7, 11) is 1.00. The van der Waals surface area contributed by atoms with Gasteiger partial charge in [0.1, 0.15) is 0 Å². The molecule has 0 bridgehead atoms. The van der Waals surface area contributed by atoms with Crippen LogP contribution in [0.1, 0.15) is 0 Å². The van der Waals surface area contributed by atoms with Crippen LogP contribution in [-0.4, -0.2) is 18.2 Å². The molecule has 0 saturated carbocycles. The van der Waals surface area contributed by atoms with Crippen LogP contribution >= 0.6 is 0 Å². The first-order valence-corrected chi connectivity index (χ1v) is 1.23. The summed E-state index contributed by atoms with van der Waals surface area (Å²) in [5, 5.41) is 7.00. The summed E-state index contributed by atoms with van der Waals surface area (Å²) in [6.45, 7) is 0. The van der Waals surface area contributed by atoms with Gasteiger partial charge in [-0.3, -0.25) is 0 Å². The van der Waals surface area contributed by atoms with E-state index in [-0.39, 0.29) is 17.1 Å². The van der Waals surface area contributed by atoms with Crippen molar-refractivity contribution >= 4 is 6.03 Å². The standard InChI is InChI=1S/CH4N2O.CH4O.Fe/c2-1(3)4;1-2;/h(H4,2,3,4);2H,1H3;. The van der Waals surface area contributed by atoms with Crippen molar-refractivity contribution in [3.8, 4) is 0 Å². The average Bonchev–Trinajstić information content (AvgIpc) is 1.41. The number of urea groups is 1. The molecule has 7 heavy (non-hydrogen) atoms. The molecule has 0 aromatic rings. The topological polar surface area (TPSA) is 89.3 Å². The van der Waals surface area contributed by atoms with Crippen LogP contribution in [0.4, 0.5) is 4.79 Å². The van der Waals surface area contributed by atoms with E-state index >= 15 is 0 Å². The molecule has 0 aromatic heterocycles. The SMILES string of the molecule is CO.NC(N)=O.[Fe]. The van der Waals surface area contributed by atoms with Gasteiger partial charge in [0, 0.05) is 24.2 Å². The number of aliphatic hydroxyl groups is 1. The number of hydrogen-bond donors (Lipinski definition) is 3. The van der Waals surface area contributed by atoms with Crippen LogP contribution < -0.4 is 11.5 Å². The van der Waals surface area contributed by atoms with Gasteiger partial charge in [0.15, 0.2) is 0 Å². The Kier molecular flexibility index (Phi) is 38.9. The summed E-state index contributed by atoms with van der Waals surface area (Å²) in [6, 6.07) is -0.833. The van der Waals surface area contributed by atoms with Crippen LogP contribution in [-0.2, 0) is 17.1 Å². The van der Waals surface area contributed by atoms with E-state index in [0.717, 1.165) is 7.11 Å². The zero-order chi connectivity index (χ0) is 5.58. The van der Waals surface area contributed by atoms with Gasteiger partial charge in [-0.25, -0.2) is 4.79 Å². The number of nitrogens with two attached hydrogens (primary N) is 2. The molecule has 0 aromatic carbocycles. The predicted molar refractivity (Wildman–Crippen MR) is 21.9 cm³/mol. The molecule has 0 atom stereocenters. The fourth-order valence-corrected chi connectivity index (χ4v) is 0. The summed E-state index contributed by atoms with van der Waals surface area (Å²) in [4.78, 5) is 9.00. The van der Waals surface area contributed by atoms with E-state index in [1.807, 2.05) is 0 Å². The van der Waals surface area contributed by atoms with Crippen molar-refractivity contribution in [2.24, 2.45) is 11.5 Å². The molecule has 2 amide bonds. The van der Waals surface area contributed by atoms with Crippen LogP contribution in [0.25, 0.3) is 0 Å². The zero-order valence-corrected chi connectivity index (χ0v) is 4.97. The van der Waals surface area contributed by atoms with Crippen molar-refractivity contribution in [2.75, 3.05) is 7.11 Å². The molecule has 0 fully saturated rings. The van der Waals surface area contributed by atoms with Crippen molar-refractivity contribution < 1.29 is 27.0 Å². The van der Waals surface area contributed by atoms with Gasteiger partial charge in [-0.15, -0.1) is 0 Å². The molecular weight excluding hydrogens is 140 g/mol. The van der Waals surface area contributed by atoms with E-state index < -0.39 is 6.03 Å². The third-order valence-corrected chi connectivity index (χ3v) is 0. The monoisotopic (exact) mass is 148 g/mol. The summed E-state index contributed by atoms with van der Waals surface area (Å²) in [5.41, 5.74) is 8.50. The van der Waals surface area contributed by atoms with Gasteiger partial charge in [-0.05, 0) is 0 Å². The number of amides is 2. The van der Waals surface area contributed by atoms with Gasteiger partial charge in [0.05, 0.1) is 0 Å². The maximum Gasteiger partial charge on any atom is 0.309 e. The Labute approximate surface area is 52.3 Å². The fraction of sp³-hybridized carbons (Fsp3) is 0.500. The van der Waals surface area contributed by atoms with E-state index in [4.69, 9.17) is 9.90 Å². The molecule has 0 rings (SSSR count). The summed E-state index contributed by atoms with van der Waals surface area (Å²) < 4.78 is 0. The Hall–Kier alpha value is -0.251. The molecule has 0 spiro atoms. The maximum absolute atomic E-state index is 9.00. The molecule has 0 aliphatic carbocycles. The molecule has 0 aliphatic heterocycles. The van der Waals surface area contributed by atoms with E-state index in [1.54, 1.807) is 0 Å². The van der Waals surface area contributed by atoms with Crippen LogP contribution in [0.5, 0.6) is 0 Å². The second-order valence-corrected chi connectivity index (χ2v) is 0.402. The van der Waals surface area contributed by atoms with Gasteiger partial charge < -0.3 is 16.6 Å². The number of aliphatic hydroxyl groups excluding tert-OH is 1. The molecule has 0 unspecified atom stereocenters. The molecule has 5 heteroatoms. The van der Waals surface area contributed by atoms with Gasteiger partial charge in [0.2, 0.25) is 0 Å². The number of rotatable bonds is 0. The minimum atomic E-state index is -0.833. The van der Waals surface area contributed by atoms with E-state index in [9.17, 15) is 0 Å². The quantitative estimate of drug-likeness (QED) is 0.370. The van der Waals surface area contributed by atoms with Crippen LogP contribution in [0.15, 0.2) is 0 Å². The maximum atomic E-state index is 9.00. The Morgan fingerprint density at radius 1 is 1.43 bits per heavy atom. The van der Waals surface area contributed by atoms with Crippen molar-refractivity contribution in [1.29, 1.82) is 0 Å². The van der Waals surface area contributed by atoms with Crippen molar-refractivity contribution in [3.63, 3.8) is 0 Å². The van der Waals surface area contributed by atoms with Crippen molar-refractivity contribution in [2.45, 2.75) is 0 Å². The Morgan fingerprint density at radius 3 is 1.43 bits per heavy atom. The van der Waals surface area contributed by atoms with Crippen LogP contribution in [0.2, 0.25) is 0 Å². The summed E-state index contributed by atoms with van der Waals surface area (Å²) in [6.07, 6.45) is 0. The van der Waals surface area contributed by atoms with E-state index in [0.29, 0.717) is 0 Å². The Balaban J connectivity index is -0.0000000480. The number of carbonyl (C=O) groups excluding carboxylic acids is 1. The molecule has 46 valence electrons. The third kappa shape index (κ3) is 1290. The second-order valence-electron chi connectivity index (χ2n) is 0.402. The van der Waals surface area contributed by atoms with Gasteiger partial charge in [0.25, 0.3) is 0 Å². The van der Waals surface area contributed by atoms with E-state index in [1.165, 1.54) is 0 Å². The second kappa shape index (κ2) is 17.2. The van der Waals surface area contributed by atoms with Gasteiger partial charge >= 0.3 is 6.03 Å². The first-order chi connectivity index (χ1) is 2.73. The molecule has 0 saturated heterocycles.